The third-order valence-electron chi connectivity index (χ3n) is 3.16. The zero-order valence-corrected chi connectivity index (χ0v) is 12.7. The second-order valence-corrected chi connectivity index (χ2v) is 5.44. The van der Waals surface area contributed by atoms with Crippen molar-refractivity contribution in [1.29, 1.82) is 0 Å². The molecule has 0 saturated heterocycles. The Morgan fingerprint density at radius 1 is 1.33 bits per heavy atom. The van der Waals surface area contributed by atoms with Gasteiger partial charge in [-0.2, -0.15) is 0 Å². The van der Waals surface area contributed by atoms with Gasteiger partial charge in [0, 0.05) is 30.6 Å². The van der Waals surface area contributed by atoms with Crippen molar-refractivity contribution < 1.29 is 4.74 Å². The number of benzene rings is 1. The normalized spacial score (nSPS) is 10.8. The average molecular weight is 300 g/mol. The minimum absolute atomic E-state index is 0.807. The summed E-state index contributed by atoms with van der Waals surface area (Å²) in [6.07, 6.45) is 1.79. The van der Waals surface area contributed by atoms with Gasteiger partial charge in [0.05, 0.1) is 18.1 Å². The van der Waals surface area contributed by atoms with Gasteiger partial charge in [0.2, 0.25) is 0 Å². The van der Waals surface area contributed by atoms with Crippen molar-refractivity contribution >= 4 is 28.6 Å². The maximum absolute atomic E-state index is 5.22. The fraction of sp³-hybridized carbons (Fsp3) is 0.200. The molecule has 0 aliphatic carbocycles. The smallest absolute Gasteiger partial charge is 0.166 e. The molecule has 21 heavy (non-hydrogen) atoms. The van der Waals surface area contributed by atoms with Crippen molar-refractivity contribution in [2.45, 2.75) is 10.9 Å². The van der Waals surface area contributed by atoms with Crippen LogP contribution in [0.2, 0.25) is 0 Å². The number of nitrogens with zero attached hydrogens (tertiary/aromatic N) is 2. The van der Waals surface area contributed by atoms with E-state index in [4.69, 9.17) is 4.74 Å². The van der Waals surface area contributed by atoms with Crippen LogP contribution in [0.25, 0.3) is 11.0 Å². The van der Waals surface area contributed by atoms with Crippen LogP contribution in [0, 0.1) is 0 Å². The lowest BCUT2D eigenvalue weighted by atomic mass is 10.3. The molecule has 0 amide bonds. The van der Waals surface area contributed by atoms with Gasteiger partial charge in [-0.05, 0) is 18.2 Å². The van der Waals surface area contributed by atoms with Crippen LogP contribution in [-0.4, -0.2) is 29.1 Å². The first-order valence-electron chi connectivity index (χ1n) is 6.58. The summed E-state index contributed by atoms with van der Waals surface area (Å²) in [4.78, 5) is 12.2. The van der Waals surface area contributed by atoms with Crippen molar-refractivity contribution in [3.8, 4) is 5.75 Å². The summed E-state index contributed by atoms with van der Waals surface area (Å²) in [7, 11) is 3.54. The number of aromatic nitrogens is 3. The number of fused-ring (bicyclic) bond motifs is 1. The molecule has 0 radical (unpaired) electrons. The second kappa shape index (κ2) is 6.05. The average Bonchev–Trinajstić information content (AvgIpc) is 2.94. The molecule has 3 aromatic rings. The third kappa shape index (κ3) is 2.95. The standard InChI is InChI=1S/C15H16N4OS/c1-16-14-10(4-3-7-17-14)9-21-15-18-12-6-5-11(20-2)8-13(12)19-15/h3-8H,9H2,1-2H3,(H,16,17)(H,18,19). The van der Waals surface area contributed by atoms with Gasteiger partial charge in [0.15, 0.2) is 5.16 Å². The number of hydrogen-bond donors (Lipinski definition) is 2. The number of thioether (sulfide) groups is 1. The highest BCUT2D eigenvalue weighted by Crippen LogP contribution is 2.26. The molecule has 5 nitrogen and oxygen atoms in total. The monoisotopic (exact) mass is 300 g/mol. The predicted molar refractivity (Wildman–Crippen MR) is 86.0 cm³/mol. The van der Waals surface area contributed by atoms with E-state index >= 15 is 0 Å². The SMILES string of the molecule is CNc1ncccc1CSc1nc2ccc(OC)cc2[nH]1. The van der Waals surface area contributed by atoms with E-state index in [1.807, 2.05) is 31.3 Å². The van der Waals surface area contributed by atoms with Gasteiger partial charge < -0.3 is 15.0 Å². The highest BCUT2D eigenvalue weighted by molar-refractivity contribution is 7.98. The maximum atomic E-state index is 5.22. The van der Waals surface area contributed by atoms with Crippen molar-refractivity contribution in [2.24, 2.45) is 0 Å². The van der Waals surface area contributed by atoms with Crippen LogP contribution in [0.4, 0.5) is 5.82 Å². The molecule has 0 bridgehead atoms. The summed E-state index contributed by atoms with van der Waals surface area (Å²) in [6.45, 7) is 0. The topological polar surface area (TPSA) is 62.8 Å². The number of imidazole rings is 1. The van der Waals surface area contributed by atoms with E-state index in [-0.39, 0.29) is 0 Å². The van der Waals surface area contributed by atoms with Crippen LogP contribution in [0.3, 0.4) is 0 Å². The molecule has 0 atom stereocenters. The zero-order valence-electron chi connectivity index (χ0n) is 11.9. The fourth-order valence-electron chi connectivity index (χ4n) is 2.09. The summed E-state index contributed by atoms with van der Waals surface area (Å²) in [5.41, 5.74) is 3.08. The van der Waals surface area contributed by atoms with Gasteiger partial charge in [0.1, 0.15) is 11.6 Å². The number of nitrogens with one attached hydrogen (secondary N) is 2. The van der Waals surface area contributed by atoms with E-state index in [0.29, 0.717) is 0 Å². The van der Waals surface area contributed by atoms with Crippen LogP contribution in [0.1, 0.15) is 5.56 Å². The van der Waals surface area contributed by atoms with Crippen molar-refractivity contribution in [1.82, 2.24) is 15.0 Å². The molecule has 2 heterocycles. The molecular formula is C15H16N4OS. The number of rotatable bonds is 5. The molecule has 3 rings (SSSR count). The quantitative estimate of drug-likeness (QED) is 0.708. The lowest BCUT2D eigenvalue weighted by Crippen LogP contribution is -1.96. The number of aromatic amines is 1. The Morgan fingerprint density at radius 2 is 2.24 bits per heavy atom. The Morgan fingerprint density at radius 3 is 3.05 bits per heavy atom. The Bertz CT molecular complexity index is 756. The molecule has 6 heteroatoms. The van der Waals surface area contributed by atoms with E-state index < -0.39 is 0 Å². The maximum Gasteiger partial charge on any atom is 0.166 e. The largest absolute Gasteiger partial charge is 0.497 e. The van der Waals surface area contributed by atoms with E-state index in [2.05, 4.69) is 26.3 Å². The summed E-state index contributed by atoms with van der Waals surface area (Å²) in [6, 6.07) is 9.84. The van der Waals surface area contributed by atoms with E-state index in [1.54, 1.807) is 25.1 Å². The number of hydrogen-bond acceptors (Lipinski definition) is 5. The Kier molecular flexibility index (Phi) is 3.96. The van der Waals surface area contributed by atoms with Crippen LogP contribution in [0.15, 0.2) is 41.7 Å². The molecule has 0 unspecified atom stereocenters. The van der Waals surface area contributed by atoms with Crippen molar-refractivity contribution in [3.05, 3.63) is 42.1 Å². The van der Waals surface area contributed by atoms with E-state index in [9.17, 15) is 0 Å². The van der Waals surface area contributed by atoms with Gasteiger partial charge in [-0.3, -0.25) is 0 Å². The highest BCUT2D eigenvalue weighted by atomic mass is 32.2. The third-order valence-corrected chi connectivity index (χ3v) is 4.08. The first-order valence-corrected chi connectivity index (χ1v) is 7.57. The molecule has 0 aliphatic rings. The van der Waals surface area contributed by atoms with Gasteiger partial charge in [-0.25, -0.2) is 9.97 Å². The van der Waals surface area contributed by atoms with E-state index in [0.717, 1.165) is 39.1 Å². The lowest BCUT2D eigenvalue weighted by Gasteiger charge is -2.05. The highest BCUT2D eigenvalue weighted by Gasteiger charge is 2.07. The molecular weight excluding hydrogens is 284 g/mol. The molecule has 108 valence electrons. The minimum atomic E-state index is 0.807. The minimum Gasteiger partial charge on any atom is -0.497 e. The van der Waals surface area contributed by atoms with Crippen molar-refractivity contribution in [2.75, 3.05) is 19.5 Å². The number of pyridine rings is 1. The number of anilines is 1. The van der Waals surface area contributed by atoms with Gasteiger partial charge >= 0.3 is 0 Å². The summed E-state index contributed by atoms with van der Waals surface area (Å²) in [5, 5.41) is 3.99. The molecule has 0 saturated carbocycles. The zero-order chi connectivity index (χ0) is 14.7. The van der Waals surface area contributed by atoms with Gasteiger partial charge in [0.25, 0.3) is 0 Å². The molecule has 2 N–H and O–H groups in total. The molecule has 0 aliphatic heterocycles. The molecule has 0 fully saturated rings. The Hall–Kier alpha value is -2.21. The summed E-state index contributed by atoms with van der Waals surface area (Å²) < 4.78 is 5.22. The van der Waals surface area contributed by atoms with Crippen LogP contribution >= 0.6 is 11.8 Å². The molecule has 1 aromatic carbocycles. The number of methoxy groups -OCH3 is 1. The Labute approximate surface area is 127 Å². The van der Waals surface area contributed by atoms with Gasteiger partial charge in [-0.15, -0.1) is 0 Å². The van der Waals surface area contributed by atoms with Crippen LogP contribution in [0.5, 0.6) is 5.75 Å². The number of ether oxygens (including phenoxy) is 1. The summed E-state index contributed by atoms with van der Waals surface area (Å²) >= 11 is 1.65. The van der Waals surface area contributed by atoms with Crippen LogP contribution < -0.4 is 10.1 Å². The van der Waals surface area contributed by atoms with Gasteiger partial charge in [-0.1, -0.05) is 17.8 Å². The van der Waals surface area contributed by atoms with Crippen molar-refractivity contribution in [3.63, 3.8) is 0 Å². The first-order chi connectivity index (χ1) is 10.3. The Balaban J connectivity index is 1.79. The lowest BCUT2D eigenvalue weighted by molar-refractivity contribution is 0.415. The molecule has 2 aromatic heterocycles. The second-order valence-electron chi connectivity index (χ2n) is 4.47. The number of H-pyrrole nitrogens is 1. The predicted octanol–water partition coefficient (Wildman–Crippen LogP) is 3.30. The van der Waals surface area contributed by atoms with E-state index in [1.165, 1.54) is 0 Å². The van der Waals surface area contributed by atoms with Crippen LogP contribution in [-0.2, 0) is 5.75 Å². The first kappa shape index (κ1) is 13.8. The molecule has 0 spiro atoms. The summed E-state index contributed by atoms with van der Waals surface area (Å²) in [5.74, 6) is 2.54. The fourth-order valence-corrected chi connectivity index (χ4v) is 2.96.